The second kappa shape index (κ2) is 3.14. The minimum absolute atomic E-state index is 0.524. The standard InChI is InChI=1S/C12H12O4/c13-11(14)12(3-4-12)8-1-2-9-10(7-8)16-6-5-15-9/h1-2,7H,3-6H2,(H,13,14). The predicted octanol–water partition coefficient (Wildman–Crippen LogP) is 1.57. The van der Waals surface area contributed by atoms with Gasteiger partial charge in [-0.1, -0.05) is 6.07 Å². The van der Waals surface area contributed by atoms with Gasteiger partial charge in [-0.3, -0.25) is 4.79 Å². The van der Waals surface area contributed by atoms with Crippen molar-refractivity contribution in [3.05, 3.63) is 23.8 Å². The van der Waals surface area contributed by atoms with Crippen LogP contribution in [0, 0.1) is 0 Å². The van der Waals surface area contributed by atoms with E-state index < -0.39 is 11.4 Å². The van der Waals surface area contributed by atoms with E-state index in [-0.39, 0.29) is 0 Å². The average molecular weight is 220 g/mol. The van der Waals surface area contributed by atoms with Crippen LogP contribution in [0.5, 0.6) is 11.5 Å². The van der Waals surface area contributed by atoms with E-state index in [1.807, 2.05) is 6.07 Å². The van der Waals surface area contributed by atoms with Gasteiger partial charge in [0.05, 0.1) is 5.41 Å². The zero-order valence-electron chi connectivity index (χ0n) is 8.73. The van der Waals surface area contributed by atoms with Crippen LogP contribution in [0.2, 0.25) is 0 Å². The van der Waals surface area contributed by atoms with Gasteiger partial charge < -0.3 is 14.6 Å². The first-order valence-electron chi connectivity index (χ1n) is 5.36. The molecule has 0 bridgehead atoms. The van der Waals surface area contributed by atoms with Crippen molar-refractivity contribution in [2.45, 2.75) is 18.3 Å². The third-order valence-corrected chi connectivity index (χ3v) is 3.25. The Morgan fingerprint density at radius 2 is 1.88 bits per heavy atom. The fraction of sp³-hybridized carbons (Fsp3) is 0.417. The van der Waals surface area contributed by atoms with Crippen molar-refractivity contribution in [3.8, 4) is 11.5 Å². The molecule has 1 aliphatic heterocycles. The van der Waals surface area contributed by atoms with Crippen molar-refractivity contribution in [2.24, 2.45) is 0 Å². The molecule has 0 unspecified atom stereocenters. The molecule has 1 aliphatic carbocycles. The molecule has 0 spiro atoms. The number of fused-ring (bicyclic) bond motifs is 1. The van der Waals surface area contributed by atoms with E-state index in [1.165, 1.54) is 0 Å². The fourth-order valence-electron chi connectivity index (χ4n) is 2.09. The molecule has 0 saturated heterocycles. The summed E-state index contributed by atoms with van der Waals surface area (Å²) < 4.78 is 10.8. The highest BCUT2D eigenvalue weighted by atomic mass is 16.6. The predicted molar refractivity (Wildman–Crippen MR) is 56.0 cm³/mol. The van der Waals surface area contributed by atoms with E-state index in [1.54, 1.807) is 12.1 Å². The van der Waals surface area contributed by atoms with Crippen LogP contribution in [-0.2, 0) is 10.2 Å². The molecular formula is C12H12O4. The summed E-state index contributed by atoms with van der Waals surface area (Å²) in [6, 6.07) is 5.43. The van der Waals surface area contributed by atoms with Crippen LogP contribution < -0.4 is 9.47 Å². The van der Waals surface area contributed by atoms with Crippen molar-refractivity contribution in [3.63, 3.8) is 0 Å². The molecular weight excluding hydrogens is 208 g/mol. The van der Waals surface area contributed by atoms with Crippen LogP contribution >= 0.6 is 0 Å². The second-order valence-electron chi connectivity index (χ2n) is 4.25. The highest BCUT2D eigenvalue weighted by Crippen LogP contribution is 2.50. The number of ether oxygens (including phenoxy) is 2. The highest BCUT2D eigenvalue weighted by Gasteiger charge is 2.52. The second-order valence-corrected chi connectivity index (χ2v) is 4.25. The first-order chi connectivity index (χ1) is 7.72. The van der Waals surface area contributed by atoms with Gasteiger partial charge in [0.2, 0.25) is 0 Å². The molecule has 4 heteroatoms. The lowest BCUT2D eigenvalue weighted by Gasteiger charge is -2.20. The molecule has 4 nitrogen and oxygen atoms in total. The summed E-state index contributed by atoms with van der Waals surface area (Å²) in [5, 5.41) is 9.19. The minimum Gasteiger partial charge on any atom is -0.486 e. The van der Waals surface area contributed by atoms with E-state index in [0.717, 1.165) is 5.56 Å². The maximum Gasteiger partial charge on any atom is 0.314 e. The van der Waals surface area contributed by atoms with Crippen molar-refractivity contribution in [1.82, 2.24) is 0 Å². The average Bonchev–Trinajstić information content (AvgIpc) is 3.09. The molecule has 16 heavy (non-hydrogen) atoms. The van der Waals surface area contributed by atoms with Crippen LogP contribution in [-0.4, -0.2) is 24.3 Å². The van der Waals surface area contributed by atoms with Gasteiger partial charge in [0.25, 0.3) is 0 Å². The summed E-state index contributed by atoms with van der Waals surface area (Å²) in [4.78, 5) is 11.2. The molecule has 1 aromatic rings. The Morgan fingerprint density at radius 1 is 1.19 bits per heavy atom. The maximum absolute atomic E-state index is 11.2. The quantitative estimate of drug-likeness (QED) is 0.822. The molecule has 1 heterocycles. The number of carbonyl (C=O) groups is 1. The smallest absolute Gasteiger partial charge is 0.314 e. The number of aliphatic carboxylic acids is 1. The van der Waals surface area contributed by atoms with Crippen molar-refractivity contribution in [2.75, 3.05) is 13.2 Å². The largest absolute Gasteiger partial charge is 0.486 e. The van der Waals surface area contributed by atoms with E-state index in [9.17, 15) is 9.90 Å². The topological polar surface area (TPSA) is 55.8 Å². The lowest BCUT2D eigenvalue weighted by Crippen LogP contribution is -2.21. The number of benzene rings is 1. The fourth-order valence-corrected chi connectivity index (χ4v) is 2.09. The Bertz CT molecular complexity index is 448. The normalized spacial score (nSPS) is 20.2. The van der Waals surface area contributed by atoms with Crippen LogP contribution in [0.3, 0.4) is 0 Å². The zero-order chi connectivity index (χ0) is 11.2. The lowest BCUT2D eigenvalue weighted by atomic mass is 9.96. The Kier molecular flexibility index (Phi) is 1.87. The molecule has 1 N–H and O–H groups in total. The summed E-state index contributed by atoms with van der Waals surface area (Å²) in [7, 11) is 0. The first kappa shape index (κ1) is 9.51. The van der Waals surface area contributed by atoms with Crippen LogP contribution in [0.1, 0.15) is 18.4 Å². The van der Waals surface area contributed by atoms with Gasteiger partial charge in [-0.2, -0.15) is 0 Å². The van der Waals surface area contributed by atoms with Crippen LogP contribution in [0.15, 0.2) is 18.2 Å². The molecule has 1 fully saturated rings. The van der Waals surface area contributed by atoms with Gasteiger partial charge in [-0.25, -0.2) is 0 Å². The van der Waals surface area contributed by atoms with Crippen molar-refractivity contribution < 1.29 is 19.4 Å². The summed E-state index contributed by atoms with van der Waals surface area (Å²) >= 11 is 0. The van der Waals surface area contributed by atoms with E-state index in [0.29, 0.717) is 37.6 Å². The summed E-state index contributed by atoms with van der Waals surface area (Å²) in [5.41, 5.74) is 0.153. The van der Waals surface area contributed by atoms with Gasteiger partial charge >= 0.3 is 5.97 Å². The third kappa shape index (κ3) is 1.26. The minimum atomic E-state index is -0.746. The summed E-state index contributed by atoms with van der Waals surface area (Å²) in [6.45, 7) is 1.08. The van der Waals surface area contributed by atoms with E-state index in [2.05, 4.69) is 0 Å². The van der Waals surface area contributed by atoms with Gasteiger partial charge in [0, 0.05) is 0 Å². The van der Waals surface area contributed by atoms with Gasteiger partial charge in [0.15, 0.2) is 11.5 Å². The Morgan fingerprint density at radius 3 is 2.50 bits per heavy atom. The molecule has 84 valence electrons. The molecule has 3 rings (SSSR count). The Balaban J connectivity index is 2.00. The molecule has 0 atom stereocenters. The number of carboxylic acid groups (broad SMARTS) is 1. The van der Waals surface area contributed by atoms with Gasteiger partial charge in [-0.05, 0) is 30.5 Å². The molecule has 2 aliphatic rings. The van der Waals surface area contributed by atoms with Crippen molar-refractivity contribution in [1.29, 1.82) is 0 Å². The molecule has 1 saturated carbocycles. The van der Waals surface area contributed by atoms with Crippen LogP contribution in [0.25, 0.3) is 0 Å². The molecule has 0 radical (unpaired) electrons. The monoisotopic (exact) mass is 220 g/mol. The van der Waals surface area contributed by atoms with Crippen molar-refractivity contribution >= 4 is 5.97 Å². The Hall–Kier alpha value is -1.71. The molecule has 0 aromatic heterocycles. The van der Waals surface area contributed by atoms with Gasteiger partial charge in [-0.15, -0.1) is 0 Å². The SMILES string of the molecule is O=C(O)C1(c2ccc3c(c2)OCCO3)CC1. The number of rotatable bonds is 2. The maximum atomic E-state index is 11.2. The first-order valence-corrected chi connectivity index (χ1v) is 5.36. The van der Waals surface area contributed by atoms with Crippen LogP contribution in [0.4, 0.5) is 0 Å². The molecule has 1 aromatic carbocycles. The van der Waals surface area contributed by atoms with E-state index >= 15 is 0 Å². The number of hydrogen-bond donors (Lipinski definition) is 1. The zero-order valence-corrected chi connectivity index (χ0v) is 8.73. The van der Waals surface area contributed by atoms with E-state index in [4.69, 9.17) is 9.47 Å². The highest BCUT2D eigenvalue weighted by molar-refractivity contribution is 5.85. The van der Waals surface area contributed by atoms with Gasteiger partial charge in [0.1, 0.15) is 13.2 Å². The third-order valence-electron chi connectivity index (χ3n) is 3.25. The number of carboxylic acids is 1. The summed E-state index contributed by atoms with van der Waals surface area (Å²) in [5.74, 6) is 0.622. The summed E-state index contributed by atoms with van der Waals surface area (Å²) in [6.07, 6.45) is 1.42. The lowest BCUT2D eigenvalue weighted by molar-refractivity contribution is -0.140. The number of hydrogen-bond acceptors (Lipinski definition) is 3. The molecule has 0 amide bonds. The Labute approximate surface area is 92.8 Å².